The van der Waals surface area contributed by atoms with Gasteiger partial charge >= 0.3 is 6.01 Å². The molecule has 1 N–H and O–H groups in total. The minimum atomic E-state index is -0.211. The predicted octanol–water partition coefficient (Wildman–Crippen LogP) is 0.930. The zero-order valence-corrected chi connectivity index (χ0v) is 16.8. The average molecular weight is 425 g/mol. The Morgan fingerprint density at radius 1 is 0.900 bits per heavy atom. The van der Waals surface area contributed by atoms with E-state index in [-0.39, 0.29) is 18.2 Å². The van der Waals surface area contributed by atoms with E-state index in [4.69, 9.17) is 4.74 Å². The quantitative estimate of drug-likeness (QED) is 0.426. The topological polar surface area (TPSA) is 64.9 Å². The van der Waals surface area contributed by atoms with Gasteiger partial charge in [-0.3, -0.25) is 0 Å². The number of aromatic nitrogens is 4. The molecule has 30 heavy (non-hydrogen) atoms. The number of hydrogen-bond donors (Lipinski definition) is 1. The number of benzene rings is 3. The molecule has 0 aliphatic rings. The molecule has 0 spiro atoms. The maximum atomic E-state index is 12.9. The van der Waals surface area contributed by atoms with E-state index in [1.807, 2.05) is 66.7 Å². The van der Waals surface area contributed by atoms with Crippen LogP contribution >= 0.6 is 0 Å². The standard InChI is InChI=1S/C22H20FN5O.ClH/c23-19-11-9-17(10-12-19)13-14-24-16-18-5-4-8-21(15-18)29-22-25-26-27-28(22)20-6-2-1-3-7-20;/h1-12,15,24H,13-14,16H2;1H/p-1. The van der Waals surface area contributed by atoms with Crippen molar-refractivity contribution < 1.29 is 21.5 Å². The number of tetrazole rings is 1. The van der Waals surface area contributed by atoms with Gasteiger partial charge in [0.05, 0.1) is 5.69 Å². The first kappa shape index (κ1) is 21.4. The van der Waals surface area contributed by atoms with Gasteiger partial charge in [-0.15, -0.1) is 0 Å². The van der Waals surface area contributed by atoms with Crippen LogP contribution in [-0.4, -0.2) is 26.8 Å². The second kappa shape index (κ2) is 10.5. The zero-order chi connectivity index (χ0) is 19.9. The van der Waals surface area contributed by atoms with Crippen molar-refractivity contribution in [2.24, 2.45) is 0 Å². The van der Waals surface area contributed by atoms with E-state index >= 15 is 0 Å². The fraction of sp³-hybridized carbons (Fsp3) is 0.136. The second-order valence-electron chi connectivity index (χ2n) is 6.51. The van der Waals surface area contributed by atoms with Crippen molar-refractivity contribution in [2.45, 2.75) is 13.0 Å². The molecule has 0 amide bonds. The molecule has 1 aromatic heterocycles. The summed E-state index contributed by atoms with van der Waals surface area (Å²) in [6, 6.07) is 24.2. The van der Waals surface area contributed by atoms with Gasteiger partial charge in [-0.25, -0.2) is 4.39 Å². The highest BCUT2D eigenvalue weighted by Crippen LogP contribution is 2.22. The third-order valence-corrected chi connectivity index (χ3v) is 4.38. The number of rotatable bonds is 8. The SMILES string of the molecule is Fc1ccc(CCNCc2cccc(Oc3nnnn3-c3ccccc3)c2)cc1.[Cl-]. The van der Waals surface area contributed by atoms with E-state index in [0.717, 1.165) is 29.8 Å². The van der Waals surface area contributed by atoms with Crippen molar-refractivity contribution in [3.63, 3.8) is 0 Å². The smallest absolute Gasteiger partial charge is 0.345 e. The van der Waals surface area contributed by atoms with Gasteiger partial charge in [0.25, 0.3) is 0 Å². The Kier molecular flexibility index (Phi) is 7.48. The monoisotopic (exact) mass is 424 g/mol. The van der Waals surface area contributed by atoms with Crippen molar-refractivity contribution in [3.8, 4) is 17.4 Å². The number of nitrogens with one attached hydrogen (secondary N) is 1. The summed E-state index contributed by atoms with van der Waals surface area (Å²) >= 11 is 0. The average Bonchev–Trinajstić information content (AvgIpc) is 3.21. The van der Waals surface area contributed by atoms with Crippen molar-refractivity contribution in [3.05, 3.63) is 95.8 Å². The van der Waals surface area contributed by atoms with Crippen LogP contribution in [0.1, 0.15) is 11.1 Å². The summed E-state index contributed by atoms with van der Waals surface area (Å²) in [5.74, 6) is 0.451. The molecule has 0 saturated carbocycles. The number of nitrogens with zero attached hydrogens (tertiary/aromatic N) is 4. The zero-order valence-electron chi connectivity index (χ0n) is 16.1. The van der Waals surface area contributed by atoms with Gasteiger partial charge in [0.1, 0.15) is 11.6 Å². The molecule has 1 heterocycles. The molecule has 0 unspecified atom stereocenters. The fourth-order valence-corrected chi connectivity index (χ4v) is 2.91. The third kappa shape index (κ3) is 5.62. The van der Waals surface area contributed by atoms with Crippen molar-refractivity contribution in [1.29, 1.82) is 0 Å². The maximum Gasteiger partial charge on any atom is 0.345 e. The van der Waals surface area contributed by atoms with E-state index in [2.05, 4.69) is 20.8 Å². The van der Waals surface area contributed by atoms with Crippen LogP contribution in [0.4, 0.5) is 4.39 Å². The van der Waals surface area contributed by atoms with Crippen LogP contribution < -0.4 is 22.5 Å². The number of ether oxygens (including phenoxy) is 1. The van der Waals surface area contributed by atoms with E-state index in [0.29, 0.717) is 18.3 Å². The first-order valence-corrected chi connectivity index (χ1v) is 9.34. The molecule has 154 valence electrons. The van der Waals surface area contributed by atoms with Crippen LogP contribution in [0.5, 0.6) is 11.8 Å². The van der Waals surface area contributed by atoms with Crippen molar-refractivity contribution in [2.75, 3.05) is 6.54 Å². The molecule has 8 heteroatoms. The Bertz CT molecular complexity index is 1060. The molecule has 3 aromatic carbocycles. The highest BCUT2D eigenvalue weighted by molar-refractivity contribution is 5.34. The summed E-state index contributed by atoms with van der Waals surface area (Å²) in [4.78, 5) is 0. The van der Waals surface area contributed by atoms with Crippen LogP contribution in [0.3, 0.4) is 0 Å². The minimum Gasteiger partial charge on any atom is -1.00 e. The lowest BCUT2D eigenvalue weighted by molar-refractivity contribution is -0.00000725. The molecule has 0 aliphatic heterocycles. The van der Waals surface area contributed by atoms with E-state index in [9.17, 15) is 4.39 Å². The first-order valence-electron chi connectivity index (χ1n) is 9.34. The molecular weight excluding hydrogens is 405 g/mol. The van der Waals surface area contributed by atoms with Crippen LogP contribution in [0.25, 0.3) is 5.69 Å². The van der Waals surface area contributed by atoms with Gasteiger partial charge in [-0.1, -0.05) is 47.6 Å². The summed E-state index contributed by atoms with van der Waals surface area (Å²) in [6.07, 6.45) is 0.836. The maximum absolute atomic E-state index is 12.9. The van der Waals surface area contributed by atoms with Gasteiger partial charge in [0, 0.05) is 6.54 Å². The minimum absolute atomic E-state index is 0. The Labute approximate surface area is 180 Å². The van der Waals surface area contributed by atoms with E-state index in [1.54, 1.807) is 4.68 Å². The predicted molar refractivity (Wildman–Crippen MR) is 107 cm³/mol. The lowest BCUT2D eigenvalue weighted by Crippen LogP contribution is -3.00. The highest BCUT2D eigenvalue weighted by atomic mass is 35.5. The van der Waals surface area contributed by atoms with Gasteiger partial charge in [-0.2, -0.15) is 4.68 Å². The normalized spacial score (nSPS) is 10.4. The molecular formula is C22H20ClFN5O-. The Morgan fingerprint density at radius 2 is 1.70 bits per heavy atom. The van der Waals surface area contributed by atoms with Crippen molar-refractivity contribution in [1.82, 2.24) is 25.5 Å². The molecule has 4 aromatic rings. The van der Waals surface area contributed by atoms with Crippen LogP contribution in [0.2, 0.25) is 0 Å². The molecule has 0 radical (unpaired) electrons. The molecule has 0 fully saturated rings. The molecule has 4 rings (SSSR count). The number of hydrogen-bond acceptors (Lipinski definition) is 5. The summed E-state index contributed by atoms with van der Waals surface area (Å²) < 4.78 is 20.4. The summed E-state index contributed by atoms with van der Waals surface area (Å²) in [5, 5.41) is 15.1. The van der Waals surface area contributed by atoms with Gasteiger partial charge in [-0.05, 0) is 70.9 Å². The number of halogens is 2. The van der Waals surface area contributed by atoms with Gasteiger partial charge in [0.15, 0.2) is 0 Å². The summed E-state index contributed by atoms with van der Waals surface area (Å²) in [6.45, 7) is 1.49. The first-order chi connectivity index (χ1) is 14.3. The van der Waals surface area contributed by atoms with Crippen LogP contribution in [-0.2, 0) is 13.0 Å². The van der Waals surface area contributed by atoms with E-state index in [1.165, 1.54) is 12.1 Å². The largest absolute Gasteiger partial charge is 1.00 e. The van der Waals surface area contributed by atoms with Crippen LogP contribution in [0.15, 0.2) is 78.9 Å². The molecule has 0 aliphatic carbocycles. The summed E-state index contributed by atoms with van der Waals surface area (Å²) in [7, 11) is 0. The highest BCUT2D eigenvalue weighted by Gasteiger charge is 2.10. The number of para-hydroxylation sites is 1. The lowest BCUT2D eigenvalue weighted by Gasteiger charge is -2.09. The molecule has 0 bridgehead atoms. The van der Waals surface area contributed by atoms with Gasteiger partial charge in [0.2, 0.25) is 0 Å². The Balaban J connectivity index is 0.00000256. The fourth-order valence-electron chi connectivity index (χ4n) is 2.91. The Morgan fingerprint density at radius 3 is 2.50 bits per heavy atom. The van der Waals surface area contributed by atoms with Crippen molar-refractivity contribution >= 4 is 0 Å². The lowest BCUT2D eigenvalue weighted by atomic mass is 10.1. The summed E-state index contributed by atoms with van der Waals surface area (Å²) in [5.41, 5.74) is 3.01. The second-order valence-corrected chi connectivity index (χ2v) is 6.51. The molecule has 0 saturated heterocycles. The Hall–Kier alpha value is -3.29. The molecule has 6 nitrogen and oxygen atoms in total. The van der Waals surface area contributed by atoms with E-state index < -0.39 is 0 Å². The van der Waals surface area contributed by atoms with Gasteiger partial charge < -0.3 is 22.5 Å². The van der Waals surface area contributed by atoms with Crippen LogP contribution in [0, 0.1) is 5.82 Å². The third-order valence-electron chi connectivity index (χ3n) is 4.38. The molecule has 0 atom stereocenters.